The van der Waals surface area contributed by atoms with Crippen molar-refractivity contribution in [3.05, 3.63) is 0 Å². The number of hydrogen-bond acceptors (Lipinski definition) is 2. The van der Waals surface area contributed by atoms with Crippen LogP contribution in [-0.4, -0.2) is 21.4 Å². The third-order valence-corrected chi connectivity index (χ3v) is 1.45. The highest BCUT2D eigenvalue weighted by molar-refractivity contribution is 14.1. The fourth-order valence-electron chi connectivity index (χ4n) is 0.109. The minimum absolute atomic E-state index is 0.158. The van der Waals surface area contributed by atoms with E-state index < -0.39 is 6.10 Å². The van der Waals surface area contributed by atoms with Gasteiger partial charge < -0.3 is 5.11 Å². The molecule has 0 aliphatic carbocycles. The van der Waals surface area contributed by atoms with Gasteiger partial charge >= 0.3 is 0 Å². The lowest BCUT2D eigenvalue weighted by molar-refractivity contribution is -0.123. The first-order chi connectivity index (χ1) is 3.18. The van der Waals surface area contributed by atoms with E-state index in [0.717, 1.165) is 0 Å². The van der Waals surface area contributed by atoms with Crippen molar-refractivity contribution in [2.45, 2.75) is 13.0 Å². The molecule has 1 unspecified atom stereocenters. The van der Waals surface area contributed by atoms with Crippen molar-refractivity contribution in [2.75, 3.05) is 4.43 Å². The largest absolute Gasteiger partial charge is 0.385 e. The van der Waals surface area contributed by atoms with Crippen LogP contribution < -0.4 is 0 Å². The Morgan fingerprint density at radius 1 is 2.00 bits per heavy atom. The lowest BCUT2D eigenvalue weighted by Gasteiger charge is -1.96. The standard InChI is InChI=1S/C4H7IO2/c1-3(6)4(7)2-5/h4,7H,2H2,1H3. The summed E-state index contributed by atoms with van der Waals surface area (Å²) in [7, 11) is 0. The van der Waals surface area contributed by atoms with Crippen molar-refractivity contribution in [3.8, 4) is 0 Å². The van der Waals surface area contributed by atoms with Gasteiger partial charge in [0.1, 0.15) is 6.10 Å². The van der Waals surface area contributed by atoms with Gasteiger partial charge in [-0.2, -0.15) is 0 Å². The van der Waals surface area contributed by atoms with Gasteiger partial charge in [0.15, 0.2) is 5.78 Å². The number of ketones is 1. The molecule has 42 valence electrons. The predicted octanol–water partition coefficient (Wildman–Crippen LogP) is 0.371. The predicted molar refractivity (Wildman–Crippen MR) is 35.6 cm³/mol. The average molecular weight is 214 g/mol. The molecule has 7 heavy (non-hydrogen) atoms. The first-order valence-corrected chi connectivity index (χ1v) is 3.45. The second kappa shape index (κ2) is 3.37. The SMILES string of the molecule is CC(=O)C(O)CI. The van der Waals surface area contributed by atoms with Crippen molar-refractivity contribution >= 4 is 28.4 Å². The molecular weight excluding hydrogens is 207 g/mol. The zero-order chi connectivity index (χ0) is 5.86. The summed E-state index contributed by atoms with van der Waals surface area (Å²) >= 11 is 1.96. The number of halogens is 1. The zero-order valence-corrected chi connectivity index (χ0v) is 6.18. The first kappa shape index (κ1) is 7.36. The minimum atomic E-state index is -0.749. The van der Waals surface area contributed by atoms with E-state index in [1.807, 2.05) is 22.6 Å². The van der Waals surface area contributed by atoms with E-state index in [2.05, 4.69) is 0 Å². The van der Waals surface area contributed by atoms with Crippen LogP contribution in [0.15, 0.2) is 0 Å². The number of hydrogen-bond donors (Lipinski definition) is 1. The topological polar surface area (TPSA) is 37.3 Å². The second-order valence-electron chi connectivity index (χ2n) is 1.28. The molecule has 0 aromatic heterocycles. The van der Waals surface area contributed by atoms with Crippen LogP contribution in [0.4, 0.5) is 0 Å². The molecule has 0 amide bonds. The van der Waals surface area contributed by atoms with Gasteiger partial charge in [0, 0.05) is 4.43 Å². The van der Waals surface area contributed by atoms with Crippen molar-refractivity contribution in [1.29, 1.82) is 0 Å². The molecule has 0 aliphatic heterocycles. The van der Waals surface area contributed by atoms with E-state index in [1.54, 1.807) is 0 Å². The molecule has 0 fully saturated rings. The van der Waals surface area contributed by atoms with E-state index in [9.17, 15) is 4.79 Å². The number of rotatable bonds is 2. The molecule has 2 nitrogen and oxygen atoms in total. The summed E-state index contributed by atoms with van der Waals surface area (Å²) in [4.78, 5) is 10.1. The second-order valence-corrected chi connectivity index (χ2v) is 2.16. The van der Waals surface area contributed by atoms with Crippen molar-refractivity contribution in [1.82, 2.24) is 0 Å². The highest BCUT2D eigenvalue weighted by atomic mass is 127. The molecule has 0 heterocycles. The Hall–Kier alpha value is 0.360. The number of alkyl halides is 1. The fourth-order valence-corrected chi connectivity index (χ4v) is 0.729. The number of aliphatic hydroxyl groups excluding tert-OH is 1. The van der Waals surface area contributed by atoms with Gasteiger partial charge in [0.05, 0.1) is 0 Å². The molecule has 0 spiro atoms. The monoisotopic (exact) mass is 214 g/mol. The molecule has 0 bridgehead atoms. The smallest absolute Gasteiger partial charge is 0.158 e. The third-order valence-electron chi connectivity index (χ3n) is 0.615. The third kappa shape index (κ3) is 2.99. The van der Waals surface area contributed by atoms with Crippen LogP contribution in [0.25, 0.3) is 0 Å². The van der Waals surface area contributed by atoms with E-state index >= 15 is 0 Å². The lowest BCUT2D eigenvalue weighted by Crippen LogP contribution is -2.17. The molecule has 1 atom stereocenters. The zero-order valence-electron chi connectivity index (χ0n) is 4.02. The van der Waals surface area contributed by atoms with Gasteiger partial charge in [-0.05, 0) is 6.92 Å². The van der Waals surface area contributed by atoms with Gasteiger partial charge in [0.25, 0.3) is 0 Å². The van der Waals surface area contributed by atoms with Crippen LogP contribution in [0.3, 0.4) is 0 Å². The molecular formula is C4H7IO2. The number of carbonyl (C=O) groups excluding carboxylic acids is 1. The summed E-state index contributed by atoms with van der Waals surface area (Å²) < 4.78 is 0.493. The van der Waals surface area contributed by atoms with E-state index in [-0.39, 0.29) is 5.78 Å². The van der Waals surface area contributed by atoms with Gasteiger partial charge in [0.2, 0.25) is 0 Å². The van der Waals surface area contributed by atoms with Gasteiger partial charge in [-0.25, -0.2) is 0 Å². The molecule has 0 saturated heterocycles. The average Bonchev–Trinajstić information content (AvgIpc) is 1.65. The molecule has 0 rings (SSSR count). The molecule has 0 aliphatic rings. The number of Topliss-reactive ketones (excluding diaryl/α,β-unsaturated/α-hetero) is 1. The van der Waals surface area contributed by atoms with Crippen LogP contribution in [0.1, 0.15) is 6.92 Å². The lowest BCUT2D eigenvalue weighted by atomic mass is 10.3. The van der Waals surface area contributed by atoms with Crippen molar-refractivity contribution < 1.29 is 9.90 Å². The van der Waals surface area contributed by atoms with Gasteiger partial charge in [-0.3, -0.25) is 4.79 Å². The summed E-state index contributed by atoms with van der Waals surface area (Å²) in [5.74, 6) is -0.158. The Morgan fingerprint density at radius 2 is 2.43 bits per heavy atom. The van der Waals surface area contributed by atoms with Crippen LogP contribution >= 0.6 is 22.6 Å². The van der Waals surface area contributed by atoms with Crippen LogP contribution in [0.5, 0.6) is 0 Å². The Morgan fingerprint density at radius 3 is 2.43 bits per heavy atom. The van der Waals surface area contributed by atoms with Crippen LogP contribution in [0.2, 0.25) is 0 Å². The molecule has 3 heteroatoms. The molecule has 0 saturated carbocycles. The quantitative estimate of drug-likeness (QED) is 0.532. The summed E-state index contributed by atoms with van der Waals surface area (Å²) in [5.41, 5.74) is 0. The van der Waals surface area contributed by atoms with Crippen molar-refractivity contribution in [2.24, 2.45) is 0 Å². The molecule has 1 N–H and O–H groups in total. The Labute approximate surface area is 56.1 Å². The Balaban J connectivity index is 3.34. The Kier molecular flexibility index (Phi) is 3.55. The van der Waals surface area contributed by atoms with E-state index in [1.165, 1.54) is 6.92 Å². The highest BCUT2D eigenvalue weighted by Gasteiger charge is 2.04. The summed E-state index contributed by atoms with van der Waals surface area (Å²) in [6.45, 7) is 1.38. The number of aliphatic hydroxyl groups is 1. The van der Waals surface area contributed by atoms with Crippen LogP contribution in [-0.2, 0) is 4.79 Å². The highest BCUT2D eigenvalue weighted by Crippen LogP contribution is 1.90. The maximum absolute atomic E-state index is 10.1. The van der Waals surface area contributed by atoms with E-state index in [0.29, 0.717) is 4.43 Å². The van der Waals surface area contributed by atoms with Crippen molar-refractivity contribution in [3.63, 3.8) is 0 Å². The van der Waals surface area contributed by atoms with E-state index in [4.69, 9.17) is 5.11 Å². The van der Waals surface area contributed by atoms with Crippen LogP contribution in [0, 0.1) is 0 Å². The molecule has 0 aromatic rings. The maximum Gasteiger partial charge on any atom is 0.158 e. The molecule has 0 radical (unpaired) electrons. The maximum atomic E-state index is 10.1. The number of carbonyl (C=O) groups is 1. The molecule has 0 aromatic carbocycles. The summed E-state index contributed by atoms with van der Waals surface area (Å²) in [6.07, 6.45) is -0.749. The summed E-state index contributed by atoms with van der Waals surface area (Å²) in [6, 6.07) is 0. The van der Waals surface area contributed by atoms with Gasteiger partial charge in [-0.15, -0.1) is 0 Å². The fraction of sp³-hybridized carbons (Fsp3) is 0.750. The van der Waals surface area contributed by atoms with Gasteiger partial charge in [-0.1, -0.05) is 22.6 Å². The first-order valence-electron chi connectivity index (χ1n) is 1.93. The minimum Gasteiger partial charge on any atom is -0.385 e. The Bertz CT molecular complexity index is 72.1. The normalized spacial score (nSPS) is 13.6. The summed E-state index contributed by atoms with van der Waals surface area (Å²) in [5, 5.41) is 8.58.